The molecule has 4 rings (SSSR count). The van der Waals surface area contributed by atoms with E-state index in [1.165, 1.54) is 11.1 Å². The van der Waals surface area contributed by atoms with Gasteiger partial charge in [0, 0.05) is 6.42 Å². The molecule has 5 heteroatoms. The smallest absolute Gasteiger partial charge is 0.219 e. The number of rotatable bonds is 4. The number of ether oxygens (including phenoxy) is 2. The van der Waals surface area contributed by atoms with E-state index in [1.54, 1.807) is 0 Å². The van der Waals surface area contributed by atoms with Crippen LogP contribution in [0.25, 0.3) is 0 Å². The molecular formula is C22H28O5. The molecule has 3 N–H and O–H groups in total. The Morgan fingerprint density at radius 1 is 1.15 bits per heavy atom. The van der Waals surface area contributed by atoms with Gasteiger partial charge in [-0.25, -0.2) is 0 Å². The van der Waals surface area contributed by atoms with Crippen LogP contribution in [0, 0.1) is 5.92 Å². The van der Waals surface area contributed by atoms with Crippen molar-refractivity contribution in [2.24, 2.45) is 5.92 Å². The first-order valence-corrected chi connectivity index (χ1v) is 9.83. The lowest BCUT2D eigenvalue weighted by atomic mass is 9.80. The highest BCUT2D eigenvalue weighted by molar-refractivity contribution is 5.41. The summed E-state index contributed by atoms with van der Waals surface area (Å²) in [6.07, 6.45) is 4.53. The fourth-order valence-corrected chi connectivity index (χ4v) is 4.42. The molecule has 5 atom stereocenters. The molecule has 1 aromatic carbocycles. The first kappa shape index (κ1) is 18.8. The van der Waals surface area contributed by atoms with Crippen molar-refractivity contribution < 1.29 is 24.8 Å². The van der Waals surface area contributed by atoms with Crippen molar-refractivity contribution in [3.05, 3.63) is 58.7 Å². The van der Waals surface area contributed by atoms with Gasteiger partial charge in [0.15, 0.2) is 0 Å². The van der Waals surface area contributed by atoms with Gasteiger partial charge in [0.05, 0.1) is 19.3 Å². The summed E-state index contributed by atoms with van der Waals surface area (Å²) >= 11 is 0. The molecular weight excluding hydrogens is 344 g/mol. The summed E-state index contributed by atoms with van der Waals surface area (Å²) in [6, 6.07) is 8.71. The molecule has 3 aliphatic rings. The average Bonchev–Trinajstić information content (AvgIpc) is 3.04. The molecule has 1 aromatic rings. The van der Waals surface area contributed by atoms with E-state index in [4.69, 9.17) is 9.47 Å². The van der Waals surface area contributed by atoms with Crippen LogP contribution in [-0.4, -0.2) is 52.6 Å². The maximum atomic E-state index is 10.7. The zero-order valence-corrected chi connectivity index (χ0v) is 15.7. The average molecular weight is 372 g/mol. The summed E-state index contributed by atoms with van der Waals surface area (Å²) in [6.45, 7) is 2.23. The van der Waals surface area contributed by atoms with Gasteiger partial charge in [0.1, 0.15) is 12.2 Å². The first-order chi connectivity index (χ1) is 13.1. The van der Waals surface area contributed by atoms with Crippen molar-refractivity contribution in [2.45, 2.75) is 56.7 Å². The minimum absolute atomic E-state index is 0.134. The number of aryl methyl sites for hydroxylation is 1. The number of hydrogen-bond donors (Lipinski definition) is 3. The molecule has 0 bridgehead atoms. The molecule has 2 aliphatic heterocycles. The number of hydrogen-bond acceptors (Lipinski definition) is 5. The fourth-order valence-electron chi connectivity index (χ4n) is 4.42. The summed E-state index contributed by atoms with van der Waals surface area (Å²) in [4.78, 5) is 0. The molecule has 0 radical (unpaired) electrons. The Balaban J connectivity index is 1.52. The van der Waals surface area contributed by atoms with E-state index in [1.807, 2.05) is 0 Å². The summed E-state index contributed by atoms with van der Waals surface area (Å²) in [5.41, 5.74) is 4.61. The minimum Gasteiger partial charge on any atom is -0.394 e. The Morgan fingerprint density at radius 2 is 1.89 bits per heavy atom. The van der Waals surface area contributed by atoms with Gasteiger partial charge in [0.2, 0.25) is 5.79 Å². The second-order valence-corrected chi connectivity index (χ2v) is 7.82. The third kappa shape index (κ3) is 3.39. The second kappa shape index (κ2) is 7.49. The van der Waals surface area contributed by atoms with Gasteiger partial charge in [-0.2, -0.15) is 0 Å². The van der Waals surface area contributed by atoms with Crippen LogP contribution in [-0.2, 0) is 22.3 Å². The summed E-state index contributed by atoms with van der Waals surface area (Å²) in [5.74, 6) is -0.943. The van der Waals surface area contributed by atoms with Crippen LogP contribution in [0.3, 0.4) is 0 Å². The Labute approximate surface area is 159 Å². The Morgan fingerprint density at radius 3 is 2.59 bits per heavy atom. The zero-order chi connectivity index (χ0) is 19.0. The number of aliphatic hydroxyl groups excluding tert-OH is 3. The quantitative estimate of drug-likeness (QED) is 0.752. The maximum Gasteiger partial charge on any atom is 0.219 e. The van der Waals surface area contributed by atoms with Crippen molar-refractivity contribution in [3.63, 3.8) is 0 Å². The highest BCUT2D eigenvalue weighted by Crippen LogP contribution is 2.47. The molecule has 1 fully saturated rings. The number of allylic oxidation sites excluding steroid dienone is 1. The normalized spacial score (nSPS) is 35.7. The highest BCUT2D eigenvalue weighted by Gasteiger charge is 2.55. The third-order valence-electron chi connectivity index (χ3n) is 6.05. The van der Waals surface area contributed by atoms with Gasteiger partial charge in [-0.05, 0) is 47.5 Å². The lowest BCUT2D eigenvalue weighted by Crippen LogP contribution is -2.58. The molecule has 0 amide bonds. The maximum absolute atomic E-state index is 10.7. The Bertz CT molecular complexity index is 738. The van der Waals surface area contributed by atoms with Crippen LogP contribution in [0.1, 0.15) is 30.9 Å². The topological polar surface area (TPSA) is 79.2 Å². The lowest BCUT2D eigenvalue weighted by molar-refractivity contribution is -0.313. The molecule has 1 spiro atoms. The Kier molecular flexibility index (Phi) is 5.23. The van der Waals surface area contributed by atoms with E-state index in [0.29, 0.717) is 12.5 Å². The Hall–Kier alpha value is -1.50. The van der Waals surface area contributed by atoms with Gasteiger partial charge in [-0.3, -0.25) is 0 Å². The predicted molar refractivity (Wildman–Crippen MR) is 101 cm³/mol. The van der Waals surface area contributed by atoms with E-state index in [-0.39, 0.29) is 13.0 Å². The SMILES string of the molecule is CCc1ccc(CC2C=CC3=C(C2)C2(OC3)OC(CO)C(O)CC2O)cc1. The summed E-state index contributed by atoms with van der Waals surface area (Å²) in [5, 5.41) is 30.2. The third-order valence-corrected chi connectivity index (χ3v) is 6.05. The molecule has 0 aromatic heterocycles. The van der Waals surface area contributed by atoms with E-state index in [9.17, 15) is 15.3 Å². The number of benzene rings is 1. The largest absolute Gasteiger partial charge is 0.394 e. The van der Waals surface area contributed by atoms with Crippen molar-refractivity contribution in [1.29, 1.82) is 0 Å². The van der Waals surface area contributed by atoms with Crippen LogP contribution >= 0.6 is 0 Å². The number of fused-ring (bicyclic) bond motifs is 1. The molecule has 1 aliphatic carbocycles. The van der Waals surface area contributed by atoms with E-state index in [2.05, 4.69) is 43.3 Å². The first-order valence-electron chi connectivity index (χ1n) is 9.83. The molecule has 5 nitrogen and oxygen atoms in total. The second-order valence-electron chi connectivity index (χ2n) is 7.82. The number of aliphatic hydroxyl groups is 3. The van der Waals surface area contributed by atoms with Crippen LogP contribution in [0.2, 0.25) is 0 Å². The van der Waals surface area contributed by atoms with Crippen LogP contribution in [0.4, 0.5) is 0 Å². The van der Waals surface area contributed by atoms with Gasteiger partial charge >= 0.3 is 0 Å². The van der Waals surface area contributed by atoms with E-state index in [0.717, 1.165) is 30.4 Å². The van der Waals surface area contributed by atoms with Gasteiger partial charge < -0.3 is 24.8 Å². The lowest BCUT2D eigenvalue weighted by Gasteiger charge is -2.45. The fraction of sp³-hybridized carbons (Fsp3) is 0.545. The minimum atomic E-state index is -1.24. The van der Waals surface area contributed by atoms with E-state index >= 15 is 0 Å². The van der Waals surface area contributed by atoms with Crippen molar-refractivity contribution >= 4 is 0 Å². The molecule has 2 heterocycles. The van der Waals surface area contributed by atoms with Crippen LogP contribution in [0.15, 0.2) is 47.6 Å². The van der Waals surface area contributed by atoms with Crippen LogP contribution < -0.4 is 0 Å². The molecule has 27 heavy (non-hydrogen) atoms. The monoisotopic (exact) mass is 372 g/mol. The summed E-state index contributed by atoms with van der Waals surface area (Å²) in [7, 11) is 0. The standard InChI is InChI=1S/C22H28O5/c1-2-14-3-5-15(6-4-14)9-16-7-8-17-13-26-22(18(17)10-16)21(25)11-19(24)20(12-23)27-22/h3-8,16,19-21,23-25H,2,9-13H2,1H3. The predicted octanol–water partition coefficient (Wildman–Crippen LogP) is 1.89. The van der Waals surface area contributed by atoms with Crippen molar-refractivity contribution in [3.8, 4) is 0 Å². The van der Waals surface area contributed by atoms with Gasteiger partial charge in [-0.1, -0.05) is 43.3 Å². The van der Waals surface area contributed by atoms with Gasteiger partial charge in [-0.15, -0.1) is 0 Å². The zero-order valence-electron chi connectivity index (χ0n) is 15.7. The highest BCUT2D eigenvalue weighted by atomic mass is 16.7. The summed E-state index contributed by atoms with van der Waals surface area (Å²) < 4.78 is 11.9. The molecule has 0 saturated carbocycles. The molecule has 1 saturated heterocycles. The van der Waals surface area contributed by atoms with Crippen molar-refractivity contribution in [1.82, 2.24) is 0 Å². The van der Waals surface area contributed by atoms with Gasteiger partial charge in [0.25, 0.3) is 0 Å². The molecule has 5 unspecified atom stereocenters. The molecule has 146 valence electrons. The van der Waals surface area contributed by atoms with E-state index < -0.39 is 24.1 Å². The van der Waals surface area contributed by atoms with Crippen molar-refractivity contribution in [2.75, 3.05) is 13.2 Å². The van der Waals surface area contributed by atoms with Crippen LogP contribution in [0.5, 0.6) is 0 Å².